The molecule has 0 aliphatic heterocycles. The molecule has 80 valence electrons. The van der Waals surface area contributed by atoms with Crippen LogP contribution in [0.3, 0.4) is 0 Å². The van der Waals surface area contributed by atoms with E-state index in [9.17, 15) is 4.79 Å². The van der Waals surface area contributed by atoms with E-state index in [-0.39, 0.29) is 18.7 Å². The quantitative estimate of drug-likeness (QED) is 0.312. The number of carbonyl (C=O) groups excluding carboxylic acids is 1. The molecule has 0 heterocycles. The summed E-state index contributed by atoms with van der Waals surface area (Å²) in [7, 11) is 0. The summed E-state index contributed by atoms with van der Waals surface area (Å²) in [5, 5.41) is 35.0. The van der Waals surface area contributed by atoms with Gasteiger partial charge >= 0.3 is 0 Å². The van der Waals surface area contributed by atoms with Crippen LogP contribution >= 0.6 is 12.4 Å². The predicted molar refractivity (Wildman–Crippen MR) is 46.4 cm³/mol. The Kier molecular flexibility index (Phi) is 8.43. The van der Waals surface area contributed by atoms with E-state index in [4.69, 9.17) is 26.2 Å². The van der Waals surface area contributed by atoms with Gasteiger partial charge in [-0.3, -0.25) is 0 Å². The number of aliphatic hydroxyl groups excluding tert-OH is 4. The van der Waals surface area contributed by atoms with Gasteiger partial charge in [-0.25, -0.2) is 0 Å². The van der Waals surface area contributed by atoms with Crippen molar-refractivity contribution in [1.29, 1.82) is 0 Å². The standard InChI is InChI=1S/C6H13NO5.ClH/c7-5(3(10)1-8)6(12)4(11)2-9;/h1,3-6,9-12H,2,7H2;1H/t3-,4-,5-,6-;/m1./s1. The second-order valence-electron chi connectivity index (χ2n) is 2.44. The van der Waals surface area contributed by atoms with Gasteiger partial charge in [-0.2, -0.15) is 0 Å². The highest BCUT2D eigenvalue weighted by molar-refractivity contribution is 5.85. The maximum atomic E-state index is 9.98. The number of carbonyl (C=O) groups is 1. The first kappa shape index (κ1) is 15.2. The average Bonchev–Trinajstić information content (AvgIpc) is 2.12. The van der Waals surface area contributed by atoms with Gasteiger partial charge in [0.15, 0.2) is 0 Å². The molecule has 0 amide bonds. The Hall–Kier alpha value is -0.240. The normalized spacial score (nSPS) is 19.5. The second-order valence-corrected chi connectivity index (χ2v) is 2.44. The number of nitrogens with two attached hydrogens (primary N) is 1. The fraction of sp³-hybridized carbons (Fsp3) is 0.833. The smallest absolute Gasteiger partial charge is 0.150 e. The molecule has 0 radical (unpaired) electrons. The lowest BCUT2D eigenvalue weighted by molar-refractivity contribution is -0.119. The molecule has 7 heteroatoms. The first-order valence-electron chi connectivity index (χ1n) is 3.40. The first-order valence-corrected chi connectivity index (χ1v) is 3.40. The second kappa shape index (κ2) is 7.19. The Morgan fingerprint density at radius 1 is 1.31 bits per heavy atom. The SMILES string of the molecule is Cl.N[C@@H]([C@H](O)[C@H](O)CO)[C@H](O)C=O. The van der Waals surface area contributed by atoms with Gasteiger partial charge in [-0.05, 0) is 0 Å². The molecule has 0 saturated carbocycles. The minimum atomic E-state index is -1.54. The number of halogens is 1. The van der Waals surface area contributed by atoms with Crippen LogP contribution in [-0.4, -0.2) is 57.7 Å². The van der Waals surface area contributed by atoms with Crippen LogP contribution in [0.15, 0.2) is 0 Å². The summed E-state index contributed by atoms with van der Waals surface area (Å²) in [4.78, 5) is 9.98. The molecule has 13 heavy (non-hydrogen) atoms. The van der Waals surface area contributed by atoms with Gasteiger partial charge in [0.1, 0.15) is 24.6 Å². The number of aliphatic hydroxyl groups is 4. The lowest BCUT2D eigenvalue weighted by atomic mass is 10.0. The topological polar surface area (TPSA) is 124 Å². The van der Waals surface area contributed by atoms with Crippen molar-refractivity contribution in [1.82, 2.24) is 0 Å². The van der Waals surface area contributed by atoms with E-state index >= 15 is 0 Å². The van der Waals surface area contributed by atoms with Gasteiger partial charge in [-0.15, -0.1) is 12.4 Å². The molecule has 0 aliphatic rings. The minimum Gasteiger partial charge on any atom is -0.394 e. The van der Waals surface area contributed by atoms with Crippen molar-refractivity contribution in [2.75, 3.05) is 6.61 Å². The van der Waals surface area contributed by atoms with E-state index in [0.29, 0.717) is 0 Å². The Labute approximate surface area is 81.4 Å². The summed E-state index contributed by atoms with van der Waals surface area (Å²) in [5.74, 6) is 0. The fourth-order valence-corrected chi connectivity index (χ4v) is 0.657. The zero-order valence-electron chi connectivity index (χ0n) is 6.78. The third-order valence-corrected chi connectivity index (χ3v) is 1.51. The van der Waals surface area contributed by atoms with Crippen LogP contribution < -0.4 is 5.73 Å². The van der Waals surface area contributed by atoms with E-state index in [0.717, 1.165) is 0 Å². The van der Waals surface area contributed by atoms with Crippen molar-refractivity contribution in [2.24, 2.45) is 5.73 Å². The summed E-state index contributed by atoms with van der Waals surface area (Å²) >= 11 is 0. The molecule has 0 aromatic carbocycles. The van der Waals surface area contributed by atoms with Crippen molar-refractivity contribution in [3.05, 3.63) is 0 Å². The predicted octanol–water partition coefficient (Wildman–Crippen LogP) is -2.99. The van der Waals surface area contributed by atoms with Crippen LogP contribution in [0.2, 0.25) is 0 Å². The molecule has 0 aromatic rings. The summed E-state index contributed by atoms with van der Waals surface area (Å²) in [5.41, 5.74) is 5.15. The van der Waals surface area contributed by atoms with Crippen molar-refractivity contribution in [2.45, 2.75) is 24.4 Å². The number of aldehydes is 1. The molecule has 0 spiro atoms. The summed E-state index contributed by atoms with van der Waals surface area (Å²) in [6.07, 6.45) is -4.36. The zero-order valence-corrected chi connectivity index (χ0v) is 7.59. The molecule has 0 bridgehead atoms. The molecule has 6 N–H and O–H groups in total. The van der Waals surface area contributed by atoms with E-state index < -0.39 is 31.0 Å². The molecule has 4 atom stereocenters. The summed E-state index contributed by atoms with van der Waals surface area (Å²) in [6.45, 7) is -0.680. The third-order valence-electron chi connectivity index (χ3n) is 1.51. The molecule has 0 aliphatic carbocycles. The molecule has 0 unspecified atom stereocenters. The Morgan fingerprint density at radius 3 is 2.08 bits per heavy atom. The summed E-state index contributed by atoms with van der Waals surface area (Å²) in [6, 6.07) is -1.29. The van der Waals surface area contributed by atoms with Crippen LogP contribution in [0.5, 0.6) is 0 Å². The molecule has 0 saturated heterocycles. The van der Waals surface area contributed by atoms with Crippen molar-refractivity contribution in [3.63, 3.8) is 0 Å². The van der Waals surface area contributed by atoms with E-state index in [1.165, 1.54) is 0 Å². The number of hydrogen-bond acceptors (Lipinski definition) is 6. The van der Waals surface area contributed by atoms with E-state index in [2.05, 4.69) is 0 Å². The minimum absolute atomic E-state index is 0. The molecular formula is C6H14ClNO5. The third kappa shape index (κ3) is 4.51. The van der Waals surface area contributed by atoms with Crippen LogP contribution in [0, 0.1) is 0 Å². The Balaban J connectivity index is 0. The van der Waals surface area contributed by atoms with Gasteiger partial charge in [0.2, 0.25) is 0 Å². The van der Waals surface area contributed by atoms with Crippen LogP contribution in [0.4, 0.5) is 0 Å². The van der Waals surface area contributed by atoms with Crippen LogP contribution in [0.25, 0.3) is 0 Å². The zero-order chi connectivity index (χ0) is 9.72. The van der Waals surface area contributed by atoms with Gasteiger partial charge in [0.25, 0.3) is 0 Å². The Bertz CT molecular complexity index is 147. The van der Waals surface area contributed by atoms with Gasteiger partial charge < -0.3 is 31.0 Å². The van der Waals surface area contributed by atoms with E-state index in [1.807, 2.05) is 0 Å². The number of hydrogen-bond donors (Lipinski definition) is 5. The van der Waals surface area contributed by atoms with E-state index in [1.54, 1.807) is 0 Å². The monoisotopic (exact) mass is 215 g/mol. The first-order chi connectivity index (χ1) is 5.54. The van der Waals surface area contributed by atoms with Gasteiger partial charge in [0, 0.05) is 0 Å². The largest absolute Gasteiger partial charge is 0.394 e. The maximum absolute atomic E-state index is 9.98. The van der Waals surface area contributed by atoms with Gasteiger partial charge in [0.05, 0.1) is 12.6 Å². The van der Waals surface area contributed by atoms with Crippen LogP contribution in [-0.2, 0) is 4.79 Å². The molecule has 6 nitrogen and oxygen atoms in total. The summed E-state index contributed by atoms with van der Waals surface area (Å²) < 4.78 is 0. The van der Waals surface area contributed by atoms with Crippen molar-refractivity contribution >= 4 is 18.7 Å². The Morgan fingerprint density at radius 2 is 1.77 bits per heavy atom. The molecule has 0 rings (SSSR count). The van der Waals surface area contributed by atoms with Gasteiger partial charge in [-0.1, -0.05) is 0 Å². The van der Waals surface area contributed by atoms with Crippen molar-refractivity contribution < 1.29 is 25.2 Å². The number of rotatable bonds is 5. The highest BCUT2D eigenvalue weighted by Crippen LogP contribution is 2.00. The maximum Gasteiger partial charge on any atom is 0.150 e. The molecule has 0 fully saturated rings. The van der Waals surface area contributed by atoms with Crippen molar-refractivity contribution in [3.8, 4) is 0 Å². The lowest BCUT2D eigenvalue weighted by Gasteiger charge is -2.23. The average molecular weight is 216 g/mol. The highest BCUT2D eigenvalue weighted by Gasteiger charge is 2.27. The highest BCUT2D eigenvalue weighted by atomic mass is 35.5. The molecular weight excluding hydrogens is 202 g/mol. The lowest BCUT2D eigenvalue weighted by Crippen LogP contribution is -2.51. The fourth-order valence-electron chi connectivity index (χ4n) is 0.657. The molecule has 0 aromatic heterocycles. The van der Waals surface area contributed by atoms with Crippen LogP contribution in [0.1, 0.15) is 0 Å².